The number of ether oxygens (including phenoxy) is 1. The van der Waals surface area contributed by atoms with Crippen LogP contribution >= 0.6 is 15.9 Å². The molecule has 0 aliphatic rings. The number of halogens is 1. The van der Waals surface area contributed by atoms with Crippen molar-refractivity contribution in [2.75, 3.05) is 7.11 Å². The van der Waals surface area contributed by atoms with E-state index in [0.717, 1.165) is 0 Å². The molecule has 1 rings (SSSR count). The molecule has 92 valence electrons. The maximum Gasteiger partial charge on any atom is 0.170 e. The zero-order chi connectivity index (χ0) is 13.0. The Morgan fingerprint density at radius 3 is 2.47 bits per heavy atom. The summed E-state index contributed by atoms with van der Waals surface area (Å²) in [7, 11) is 1.56. The normalized spacial score (nSPS) is 10.4. The van der Waals surface area contributed by atoms with E-state index in [4.69, 9.17) is 4.74 Å². The Bertz CT molecular complexity index is 438. The first-order valence-electron chi connectivity index (χ1n) is 5.35. The first kappa shape index (κ1) is 13.9. The smallest absolute Gasteiger partial charge is 0.170 e. The average molecular weight is 299 g/mol. The van der Waals surface area contributed by atoms with Crippen molar-refractivity contribution >= 4 is 27.5 Å². The van der Waals surface area contributed by atoms with Crippen LogP contribution < -0.4 is 4.74 Å². The molecular formula is C13H15BrO3. The van der Waals surface area contributed by atoms with Gasteiger partial charge in [-0.2, -0.15) is 0 Å². The second-order valence-corrected chi connectivity index (χ2v) is 4.92. The zero-order valence-corrected chi connectivity index (χ0v) is 11.7. The quantitative estimate of drug-likeness (QED) is 0.619. The topological polar surface area (TPSA) is 43.4 Å². The van der Waals surface area contributed by atoms with Gasteiger partial charge in [0.05, 0.1) is 18.0 Å². The van der Waals surface area contributed by atoms with Gasteiger partial charge in [0, 0.05) is 11.5 Å². The Kier molecular flexibility index (Phi) is 4.87. The van der Waals surface area contributed by atoms with E-state index < -0.39 is 0 Å². The molecule has 0 aromatic heterocycles. The lowest BCUT2D eigenvalue weighted by molar-refractivity contribution is -0.121. The van der Waals surface area contributed by atoms with Crippen molar-refractivity contribution in [3.05, 3.63) is 28.2 Å². The third kappa shape index (κ3) is 3.66. The lowest BCUT2D eigenvalue weighted by atomic mass is 10.00. The predicted octanol–water partition coefficient (Wildman–Crippen LogP) is 3.26. The molecule has 0 fully saturated rings. The van der Waals surface area contributed by atoms with Crippen LogP contribution in [0.15, 0.2) is 22.7 Å². The highest BCUT2D eigenvalue weighted by Crippen LogP contribution is 2.26. The van der Waals surface area contributed by atoms with E-state index in [2.05, 4.69) is 15.9 Å². The number of carbonyl (C=O) groups excluding carboxylic acids is 2. The predicted molar refractivity (Wildman–Crippen MR) is 69.5 cm³/mol. The number of methoxy groups -OCH3 is 1. The Morgan fingerprint density at radius 2 is 2.00 bits per heavy atom. The lowest BCUT2D eigenvalue weighted by Gasteiger charge is -2.06. The molecule has 17 heavy (non-hydrogen) atoms. The molecule has 0 spiro atoms. The van der Waals surface area contributed by atoms with E-state index in [-0.39, 0.29) is 23.9 Å². The summed E-state index contributed by atoms with van der Waals surface area (Å²) in [6, 6.07) is 5.05. The standard InChI is InChI=1S/C13H15BrO3/c1-8(2)11(15)7-12(16)9-4-5-13(17-3)10(14)6-9/h4-6,8H,7H2,1-3H3. The number of ketones is 2. The monoisotopic (exact) mass is 298 g/mol. The van der Waals surface area contributed by atoms with Crippen molar-refractivity contribution in [1.82, 2.24) is 0 Å². The number of benzene rings is 1. The van der Waals surface area contributed by atoms with Gasteiger partial charge in [-0.3, -0.25) is 9.59 Å². The molecular weight excluding hydrogens is 284 g/mol. The van der Waals surface area contributed by atoms with Gasteiger partial charge < -0.3 is 4.74 Å². The number of carbonyl (C=O) groups is 2. The molecule has 3 nitrogen and oxygen atoms in total. The Labute approximate surface area is 109 Å². The second kappa shape index (κ2) is 5.96. The van der Waals surface area contributed by atoms with Crippen molar-refractivity contribution in [3.63, 3.8) is 0 Å². The molecule has 1 aromatic rings. The molecule has 0 aliphatic carbocycles. The molecule has 0 saturated heterocycles. The van der Waals surface area contributed by atoms with Gasteiger partial charge in [-0.05, 0) is 34.1 Å². The highest BCUT2D eigenvalue weighted by Gasteiger charge is 2.15. The highest BCUT2D eigenvalue weighted by molar-refractivity contribution is 9.10. The van der Waals surface area contributed by atoms with Crippen molar-refractivity contribution in [2.45, 2.75) is 20.3 Å². The summed E-state index contributed by atoms with van der Waals surface area (Å²) in [6.45, 7) is 3.58. The van der Waals surface area contributed by atoms with Crippen molar-refractivity contribution in [3.8, 4) is 5.75 Å². The summed E-state index contributed by atoms with van der Waals surface area (Å²) < 4.78 is 5.78. The molecule has 0 aliphatic heterocycles. The third-order valence-electron chi connectivity index (χ3n) is 2.45. The van der Waals surface area contributed by atoms with E-state index >= 15 is 0 Å². The van der Waals surface area contributed by atoms with E-state index in [9.17, 15) is 9.59 Å². The van der Waals surface area contributed by atoms with Gasteiger partial charge in [-0.15, -0.1) is 0 Å². The van der Waals surface area contributed by atoms with E-state index in [1.807, 2.05) is 0 Å². The van der Waals surface area contributed by atoms with Crippen LogP contribution in [0.4, 0.5) is 0 Å². The summed E-state index contributed by atoms with van der Waals surface area (Å²) in [5.74, 6) is 0.353. The van der Waals surface area contributed by atoms with Crippen LogP contribution in [0.3, 0.4) is 0 Å². The Hall–Kier alpha value is -1.16. The zero-order valence-electron chi connectivity index (χ0n) is 10.1. The van der Waals surface area contributed by atoms with Gasteiger partial charge in [0.2, 0.25) is 0 Å². The SMILES string of the molecule is COc1ccc(C(=O)CC(=O)C(C)C)cc1Br. The van der Waals surface area contributed by atoms with Crippen molar-refractivity contribution < 1.29 is 14.3 Å². The fraction of sp³-hybridized carbons (Fsp3) is 0.385. The minimum Gasteiger partial charge on any atom is -0.496 e. The first-order valence-corrected chi connectivity index (χ1v) is 6.14. The maximum absolute atomic E-state index is 11.8. The number of hydrogen-bond acceptors (Lipinski definition) is 3. The Morgan fingerprint density at radius 1 is 1.35 bits per heavy atom. The first-order chi connectivity index (χ1) is 7.95. The molecule has 0 radical (unpaired) electrons. The van der Waals surface area contributed by atoms with E-state index in [1.165, 1.54) is 0 Å². The van der Waals surface area contributed by atoms with Crippen molar-refractivity contribution in [1.29, 1.82) is 0 Å². The average Bonchev–Trinajstić information content (AvgIpc) is 2.28. The van der Waals surface area contributed by atoms with Crippen molar-refractivity contribution in [2.24, 2.45) is 5.92 Å². The number of Topliss-reactive ketones (excluding diaryl/α,β-unsaturated/α-hetero) is 2. The minimum absolute atomic E-state index is 0.0399. The summed E-state index contributed by atoms with van der Waals surface area (Å²) in [5, 5.41) is 0. The number of rotatable bonds is 5. The van der Waals surface area contributed by atoms with Gasteiger partial charge in [-0.25, -0.2) is 0 Å². The fourth-order valence-corrected chi connectivity index (χ4v) is 1.84. The summed E-state index contributed by atoms with van der Waals surface area (Å²) >= 11 is 3.31. The van der Waals surface area contributed by atoms with Gasteiger partial charge in [0.25, 0.3) is 0 Å². The maximum atomic E-state index is 11.8. The van der Waals surface area contributed by atoms with Gasteiger partial charge in [0.1, 0.15) is 11.5 Å². The fourth-order valence-electron chi connectivity index (χ4n) is 1.30. The van der Waals surface area contributed by atoms with Gasteiger partial charge in [0.15, 0.2) is 5.78 Å². The van der Waals surface area contributed by atoms with E-state index in [1.54, 1.807) is 39.2 Å². The highest BCUT2D eigenvalue weighted by atomic mass is 79.9. The molecule has 0 N–H and O–H groups in total. The third-order valence-corrected chi connectivity index (χ3v) is 3.07. The summed E-state index contributed by atoms with van der Waals surface area (Å²) in [5.41, 5.74) is 0.520. The molecule has 0 heterocycles. The van der Waals surface area contributed by atoms with Crippen LogP contribution in [0.1, 0.15) is 30.6 Å². The number of hydrogen-bond donors (Lipinski definition) is 0. The molecule has 4 heteroatoms. The Balaban J connectivity index is 2.83. The van der Waals surface area contributed by atoms with Crippen LogP contribution in [0.2, 0.25) is 0 Å². The molecule has 1 aromatic carbocycles. The van der Waals surface area contributed by atoms with Crippen LogP contribution in [-0.2, 0) is 4.79 Å². The van der Waals surface area contributed by atoms with Gasteiger partial charge in [-0.1, -0.05) is 13.8 Å². The van der Waals surface area contributed by atoms with Crippen LogP contribution in [0.5, 0.6) is 5.75 Å². The molecule has 0 unspecified atom stereocenters. The van der Waals surface area contributed by atoms with E-state index in [0.29, 0.717) is 15.8 Å². The van der Waals surface area contributed by atoms with Crippen LogP contribution in [0.25, 0.3) is 0 Å². The second-order valence-electron chi connectivity index (χ2n) is 4.07. The molecule has 0 atom stereocenters. The minimum atomic E-state index is -0.160. The lowest BCUT2D eigenvalue weighted by Crippen LogP contribution is -2.13. The summed E-state index contributed by atoms with van der Waals surface area (Å²) in [4.78, 5) is 23.3. The molecule has 0 saturated carbocycles. The largest absolute Gasteiger partial charge is 0.496 e. The van der Waals surface area contributed by atoms with Crippen LogP contribution in [0, 0.1) is 5.92 Å². The molecule has 0 amide bonds. The molecule has 0 bridgehead atoms. The summed E-state index contributed by atoms with van der Waals surface area (Å²) in [6.07, 6.45) is -0.0452. The van der Waals surface area contributed by atoms with Gasteiger partial charge >= 0.3 is 0 Å². The van der Waals surface area contributed by atoms with Crippen LogP contribution in [-0.4, -0.2) is 18.7 Å².